The van der Waals surface area contributed by atoms with Crippen LogP contribution in [-0.2, 0) is 4.74 Å². The van der Waals surface area contributed by atoms with Gasteiger partial charge >= 0.3 is 0 Å². The van der Waals surface area contributed by atoms with Crippen LogP contribution in [0.2, 0.25) is 0 Å². The first-order valence-electron chi connectivity index (χ1n) is 6.90. The minimum Gasteiger partial charge on any atom is -0.383 e. The van der Waals surface area contributed by atoms with Crippen molar-refractivity contribution in [2.45, 2.75) is 51.4 Å². The summed E-state index contributed by atoms with van der Waals surface area (Å²) in [7, 11) is 0. The Bertz CT molecular complexity index is 663. The summed E-state index contributed by atoms with van der Waals surface area (Å²) in [5.41, 5.74) is 9.41. The number of hydrogen-bond acceptors (Lipinski definition) is 4. The van der Waals surface area contributed by atoms with Crippen LogP contribution in [0, 0.1) is 13.8 Å². The molecule has 2 aromatic heterocycles. The third-order valence-electron chi connectivity index (χ3n) is 4.77. The molecule has 2 saturated heterocycles. The van der Waals surface area contributed by atoms with Crippen LogP contribution < -0.4 is 5.73 Å². The summed E-state index contributed by atoms with van der Waals surface area (Å²) in [5, 5.41) is 1.00. The Balaban J connectivity index is 1.95. The normalized spacial score (nSPS) is 29.5. The van der Waals surface area contributed by atoms with Crippen molar-refractivity contribution in [2.75, 3.05) is 5.73 Å². The van der Waals surface area contributed by atoms with Crippen molar-refractivity contribution in [1.29, 1.82) is 0 Å². The molecule has 0 spiro atoms. The van der Waals surface area contributed by atoms with Gasteiger partial charge in [-0.05, 0) is 38.7 Å². The predicted octanol–water partition coefficient (Wildman–Crippen LogP) is 2.12. The van der Waals surface area contributed by atoms with E-state index in [1.54, 1.807) is 6.33 Å². The molecule has 0 aliphatic carbocycles. The van der Waals surface area contributed by atoms with Crippen LogP contribution in [0.5, 0.6) is 0 Å². The lowest BCUT2D eigenvalue weighted by atomic mass is 9.95. The molecule has 0 aromatic carbocycles. The Labute approximate surface area is 111 Å². The highest BCUT2D eigenvalue weighted by Gasteiger charge is 2.43. The minimum atomic E-state index is 0.342. The van der Waals surface area contributed by atoms with E-state index in [4.69, 9.17) is 10.5 Å². The number of nitrogens with zero attached hydrogens (tertiary/aromatic N) is 3. The number of nitrogen functional groups attached to an aromatic ring is 1. The Kier molecular flexibility index (Phi) is 2.18. The molecule has 2 aromatic rings. The standard InChI is InChI=1S/C14H18N4O/c1-7-8(2)18(10-5-9-3-4-11(10)19-9)14-12(7)13(15)16-6-17-14/h6,9-11H,3-5H2,1-2H3,(H2,15,16,17). The maximum atomic E-state index is 6.02. The van der Waals surface area contributed by atoms with E-state index in [1.165, 1.54) is 17.7 Å². The van der Waals surface area contributed by atoms with Gasteiger partial charge in [0.15, 0.2) is 0 Å². The van der Waals surface area contributed by atoms with Crippen molar-refractivity contribution in [1.82, 2.24) is 14.5 Å². The lowest BCUT2D eigenvalue weighted by molar-refractivity contribution is 0.0941. The second-order valence-corrected chi connectivity index (χ2v) is 5.71. The molecule has 2 bridgehead atoms. The lowest BCUT2D eigenvalue weighted by Crippen LogP contribution is -2.22. The van der Waals surface area contributed by atoms with E-state index in [2.05, 4.69) is 28.4 Å². The Morgan fingerprint density at radius 1 is 1.32 bits per heavy atom. The number of aryl methyl sites for hydroxylation is 1. The van der Waals surface area contributed by atoms with Crippen LogP contribution in [-0.4, -0.2) is 26.7 Å². The van der Waals surface area contributed by atoms with Crippen molar-refractivity contribution < 1.29 is 4.74 Å². The molecule has 5 nitrogen and oxygen atoms in total. The van der Waals surface area contributed by atoms with E-state index < -0.39 is 0 Å². The molecule has 4 heterocycles. The minimum absolute atomic E-state index is 0.342. The van der Waals surface area contributed by atoms with Gasteiger partial charge in [0.25, 0.3) is 0 Å². The van der Waals surface area contributed by atoms with E-state index >= 15 is 0 Å². The van der Waals surface area contributed by atoms with Crippen molar-refractivity contribution >= 4 is 16.9 Å². The number of rotatable bonds is 1. The summed E-state index contributed by atoms with van der Waals surface area (Å²) in [5.74, 6) is 0.577. The van der Waals surface area contributed by atoms with E-state index in [1.807, 2.05) is 0 Å². The van der Waals surface area contributed by atoms with Crippen LogP contribution in [0.3, 0.4) is 0 Å². The average molecular weight is 258 g/mol. The van der Waals surface area contributed by atoms with Gasteiger partial charge in [-0.2, -0.15) is 0 Å². The van der Waals surface area contributed by atoms with Crippen molar-refractivity contribution in [3.63, 3.8) is 0 Å². The summed E-state index contributed by atoms with van der Waals surface area (Å²) in [6.07, 6.45) is 5.80. The molecule has 5 heteroatoms. The maximum absolute atomic E-state index is 6.02. The molecule has 2 N–H and O–H groups in total. The second kappa shape index (κ2) is 3.70. The van der Waals surface area contributed by atoms with E-state index in [-0.39, 0.29) is 0 Å². The summed E-state index contributed by atoms with van der Waals surface area (Å²) >= 11 is 0. The fourth-order valence-electron chi connectivity index (χ4n) is 3.74. The van der Waals surface area contributed by atoms with Crippen molar-refractivity contribution in [3.05, 3.63) is 17.6 Å². The van der Waals surface area contributed by atoms with Gasteiger partial charge < -0.3 is 15.0 Å². The molecule has 3 unspecified atom stereocenters. The topological polar surface area (TPSA) is 66.0 Å². The first kappa shape index (κ1) is 11.2. The van der Waals surface area contributed by atoms with Crippen LogP contribution in [0.25, 0.3) is 11.0 Å². The van der Waals surface area contributed by atoms with Crippen LogP contribution in [0.1, 0.15) is 36.6 Å². The smallest absolute Gasteiger partial charge is 0.146 e. The van der Waals surface area contributed by atoms with Gasteiger partial charge in [0.1, 0.15) is 17.8 Å². The lowest BCUT2D eigenvalue weighted by Gasteiger charge is -2.22. The Morgan fingerprint density at radius 2 is 2.16 bits per heavy atom. The van der Waals surface area contributed by atoms with Crippen molar-refractivity contribution in [2.24, 2.45) is 0 Å². The quantitative estimate of drug-likeness (QED) is 0.851. The van der Waals surface area contributed by atoms with E-state index in [9.17, 15) is 0 Å². The van der Waals surface area contributed by atoms with Crippen molar-refractivity contribution in [3.8, 4) is 0 Å². The number of anilines is 1. The monoisotopic (exact) mass is 258 g/mol. The molecule has 2 aliphatic heterocycles. The molecule has 0 amide bonds. The molecule has 100 valence electrons. The highest BCUT2D eigenvalue weighted by atomic mass is 16.5. The number of nitrogens with two attached hydrogens (primary N) is 1. The molecule has 19 heavy (non-hydrogen) atoms. The fourth-order valence-corrected chi connectivity index (χ4v) is 3.74. The highest BCUT2D eigenvalue weighted by Crippen LogP contribution is 2.44. The zero-order valence-corrected chi connectivity index (χ0v) is 11.3. The number of aromatic nitrogens is 3. The Morgan fingerprint density at radius 3 is 2.84 bits per heavy atom. The SMILES string of the molecule is Cc1c(C)n(C2CC3CCC2O3)c2ncnc(N)c12. The third kappa shape index (κ3) is 1.39. The van der Waals surface area contributed by atoms with Gasteiger partial charge in [0.2, 0.25) is 0 Å². The number of ether oxygens (including phenoxy) is 1. The molecular formula is C14H18N4O. The molecule has 3 atom stereocenters. The Hall–Kier alpha value is -1.62. The van der Waals surface area contributed by atoms with Gasteiger partial charge in [-0.25, -0.2) is 9.97 Å². The summed E-state index contributed by atoms with van der Waals surface area (Å²) in [4.78, 5) is 8.59. The van der Waals surface area contributed by atoms with Gasteiger partial charge in [0.05, 0.1) is 23.6 Å². The summed E-state index contributed by atoms with van der Waals surface area (Å²) in [6.45, 7) is 4.24. The molecule has 0 radical (unpaired) electrons. The highest BCUT2D eigenvalue weighted by molar-refractivity contribution is 5.90. The van der Waals surface area contributed by atoms with Gasteiger partial charge in [0, 0.05) is 5.69 Å². The fraction of sp³-hybridized carbons (Fsp3) is 0.571. The van der Waals surface area contributed by atoms with Crippen LogP contribution in [0.4, 0.5) is 5.82 Å². The predicted molar refractivity (Wildman–Crippen MR) is 73.0 cm³/mol. The average Bonchev–Trinajstić information content (AvgIpc) is 3.06. The van der Waals surface area contributed by atoms with Gasteiger partial charge in [-0.3, -0.25) is 0 Å². The zero-order chi connectivity index (χ0) is 13.1. The molecular weight excluding hydrogens is 240 g/mol. The van der Waals surface area contributed by atoms with E-state index in [0.717, 1.165) is 23.9 Å². The molecule has 2 fully saturated rings. The number of fused-ring (bicyclic) bond motifs is 3. The third-order valence-corrected chi connectivity index (χ3v) is 4.77. The second-order valence-electron chi connectivity index (χ2n) is 5.71. The largest absolute Gasteiger partial charge is 0.383 e. The first-order chi connectivity index (χ1) is 9.16. The van der Waals surface area contributed by atoms with Gasteiger partial charge in [-0.1, -0.05) is 0 Å². The molecule has 0 saturated carbocycles. The molecule has 4 rings (SSSR count). The van der Waals surface area contributed by atoms with E-state index in [0.29, 0.717) is 24.1 Å². The van der Waals surface area contributed by atoms with Gasteiger partial charge in [-0.15, -0.1) is 0 Å². The number of hydrogen-bond donors (Lipinski definition) is 1. The molecule has 2 aliphatic rings. The summed E-state index contributed by atoms with van der Waals surface area (Å²) in [6, 6.07) is 0.407. The maximum Gasteiger partial charge on any atom is 0.146 e. The van der Waals surface area contributed by atoms with Crippen LogP contribution >= 0.6 is 0 Å². The zero-order valence-electron chi connectivity index (χ0n) is 11.3. The summed E-state index contributed by atoms with van der Waals surface area (Å²) < 4.78 is 8.31. The first-order valence-corrected chi connectivity index (χ1v) is 6.90. The van der Waals surface area contributed by atoms with Crippen LogP contribution in [0.15, 0.2) is 6.33 Å².